The second-order valence-corrected chi connectivity index (χ2v) is 3.69. The summed E-state index contributed by atoms with van der Waals surface area (Å²) in [7, 11) is 0. The Hall–Kier alpha value is -2.69. The summed E-state index contributed by atoms with van der Waals surface area (Å²) in [5, 5.41) is 8.43. The molecular formula is C13H10N4O. The summed E-state index contributed by atoms with van der Waals surface area (Å²) in [5.41, 5.74) is 2.75. The Kier molecular flexibility index (Phi) is 2.71. The molecule has 0 amide bonds. The van der Waals surface area contributed by atoms with Crippen molar-refractivity contribution in [2.45, 2.75) is 0 Å². The first kappa shape index (κ1) is 10.5. The van der Waals surface area contributed by atoms with Crippen molar-refractivity contribution in [1.82, 2.24) is 20.3 Å². The van der Waals surface area contributed by atoms with Gasteiger partial charge in [0, 0.05) is 29.5 Å². The van der Waals surface area contributed by atoms with Crippen molar-refractivity contribution in [3.8, 4) is 0 Å². The van der Waals surface area contributed by atoms with E-state index in [1.165, 1.54) is 0 Å². The first-order valence-corrected chi connectivity index (χ1v) is 5.48. The van der Waals surface area contributed by atoms with Crippen LogP contribution < -0.4 is 0 Å². The zero-order valence-corrected chi connectivity index (χ0v) is 9.45. The maximum atomic E-state index is 4.46. The molecule has 0 atom stereocenters. The Morgan fingerprint density at radius 1 is 0.944 bits per heavy atom. The Bertz CT molecular complexity index is 633. The van der Waals surface area contributed by atoms with E-state index in [0.29, 0.717) is 0 Å². The topological polar surface area (TPSA) is 67.6 Å². The summed E-state index contributed by atoms with van der Waals surface area (Å²) in [6, 6.07) is 11.5. The number of H-pyrrole nitrogens is 1. The van der Waals surface area contributed by atoms with Gasteiger partial charge in [0.05, 0.1) is 0 Å². The number of fused-ring (bicyclic) bond motifs is 2. The van der Waals surface area contributed by atoms with Gasteiger partial charge in [-0.3, -0.25) is 4.98 Å². The predicted molar refractivity (Wildman–Crippen MR) is 67.9 cm³/mol. The van der Waals surface area contributed by atoms with Gasteiger partial charge in [-0.25, -0.2) is 4.63 Å². The van der Waals surface area contributed by atoms with E-state index in [0.717, 1.165) is 21.9 Å². The number of hydrogen-bond acceptors (Lipinski definition) is 4. The second kappa shape index (κ2) is 4.67. The summed E-state index contributed by atoms with van der Waals surface area (Å²) in [4.78, 5) is 7.04. The molecule has 3 aromatic heterocycles. The molecule has 0 saturated heterocycles. The van der Waals surface area contributed by atoms with Crippen LogP contribution in [0.25, 0.3) is 21.9 Å². The third kappa shape index (κ3) is 2.06. The molecule has 0 bridgehead atoms. The van der Waals surface area contributed by atoms with Gasteiger partial charge >= 0.3 is 0 Å². The minimum absolute atomic E-state index is 0.803. The van der Waals surface area contributed by atoms with Crippen molar-refractivity contribution >= 4 is 21.9 Å². The predicted octanol–water partition coefficient (Wildman–Crippen LogP) is 2.79. The number of aromatic nitrogens is 4. The third-order valence-corrected chi connectivity index (χ3v) is 2.51. The molecule has 0 aliphatic rings. The van der Waals surface area contributed by atoms with Gasteiger partial charge in [0.15, 0.2) is 0 Å². The lowest BCUT2D eigenvalue weighted by atomic mass is 10.3. The summed E-state index contributed by atoms with van der Waals surface area (Å²) >= 11 is 0. The van der Waals surface area contributed by atoms with Crippen molar-refractivity contribution in [1.29, 1.82) is 0 Å². The van der Waals surface area contributed by atoms with Crippen LogP contribution in [-0.4, -0.2) is 20.3 Å². The van der Waals surface area contributed by atoms with E-state index in [2.05, 4.69) is 24.9 Å². The van der Waals surface area contributed by atoms with Crippen LogP contribution >= 0.6 is 0 Å². The first-order valence-electron chi connectivity index (χ1n) is 5.48. The molecule has 0 fully saturated rings. The third-order valence-electron chi connectivity index (χ3n) is 2.51. The van der Waals surface area contributed by atoms with Crippen LogP contribution in [0.15, 0.2) is 59.6 Å². The molecule has 0 saturated carbocycles. The summed E-state index contributed by atoms with van der Waals surface area (Å²) in [5.74, 6) is 0. The van der Waals surface area contributed by atoms with Crippen LogP contribution in [0, 0.1) is 0 Å². The number of hydrogen-bond donors (Lipinski definition) is 1. The molecule has 0 spiro atoms. The van der Waals surface area contributed by atoms with Crippen molar-refractivity contribution in [2.75, 3.05) is 0 Å². The quantitative estimate of drug-likeness (QED) is 0.511. The van der Waals surface area contributed by atoms with Gasteiger partial charge < -0.3 is 4.98 Å². The molecule has 0 aliphatic carbocycles. The van der Waals surface area contributed by atoms with Crippen LogP contribution in [0.4, 0.5) is 0 Å². The molecule has 0 unspecified atom stereocenters. The van der Waals surface area contributed by atoms with Crippen molar-refractivity contribution in [3.05, 3.63) is 55.0 Å². The molecule has 4 aromatic rings. The highest BCUT2D eigenvalue weighted by atomic mass is 16.6. The van der Waals surface area contributed by atoms with Gasteiger partial charge in [0.2, 0.25) is 0 Å². The van der Waals surface area contributed by atoms with Gasteiger partial charge in [0.25, 0.3) is 0 Å². The van der Waals surface area contributed by atoms with E-state index in [1.54, 1.807) is 6.20 Å². The molecule has 5 nitrogen and oxygen atoms in total. The van der Waals surface area contributed by atoms with Gasteiger partial charge in [0.1, 0.15) is 11.0 Å². The molecule has 4 rings (SSSR count). The number of nitrogens with one attached hydrogen (secondary N) is 1. The van der Waals surface area contributed by atoms with E-state index in [4.69, 9.17) is 0 Å². The summed E-state index contributed by atoms with van der Waals surface area (Å²) in [6.07, 6.45) is 5.52. The standard InChI is InChI=1S/C7H6N2.C6H4N2O/c1-4-9-7-2-3-8-5-6(1)7;1-2-4-6-5(3-1)7-9-8-6/h1-5,9H;1-4H. The number of nitrogens with zero attached hydrogens (tertiary/aromatic N) is 3. The fourth-order valence-electron chi connectivity index (χ4n) is 1.62. The first-order chi connectivity index (χ1) is 8.93. The lowest BCUT2D eigenvalue weighted by Gasteiger charge is -1.82. The molecule has 88 valence electrons. The summed E-state index contributed by atoms with van der Waals surface area (Å²) in [6.45, 7) is 0. The van der Waals surface area contributed by atoms with Gasteiger partial charge in [-0.05, 0) is 34.6 Å². The van der Waals surface area contributed by atoms with Gasteiger partial charge in [-0.15, -0.1) is 0 Å². The van der Waals surface area contributed by atoms with Crippen LogP contribution in [-0.2, 0) is 0 Å². The van der Waals surface area contributed by atoms with Gasteiger partial charge in [-0.1, -0.05) is 12.1 Å². The van der Waals surface area contributed by atoms with E-state index in [-0.39, 0.29) is 0 Å². The smallest absolute Gasteiger partial charge is 0.135 e. The average Bonchev–Trinajstić information content (AvgIpc) is 3.08. The zero-order chi connectivity index (χ0) is 12.2. The number of pyridine rings is 1. The number of benzene rings is 1. The molecule has 0 radical (unpaired) electrons. The van der Waals surface area contributed by atoms with E-state index < -0.39 is 0 Å². The number of aromatic amines is 1. The zero-order valence-electron chi connectivity index (χ0n) is 9.45. The molecule has 3 heterocycles. The minimum atomic E-state index is 0.803. The van der Waals surface area contributed by atoms with Crippen molar-refractivity contribution in [3.63, 3.8) is 0 Å². The monoisotopic (exact) mass is 238 g/mol. The minimum Gasteiger partial charge on any atom is -0.361 e. The largest absolute Gasteiger partial charge is 0.361 e. The highest BCUT2D eigenvalue weighted by Gasteiger charge is 1.93. The van der Waals surface area contributed by atoms with Crippen molar-refractivity contribution in [2.24, 2.45) is 0 Å². The Labute approximate surface area is 102 Å². The molecule has 0 aliphatic heterocycles. The maximum absolute atomic E-state index is 4.46. The number of rotatable bonds is 0. The molecule has 1 aromatic carbocycles. The maximum Gasteiger partial charge on any atom is 0.135 e. The lowest BCUT2D eigenvalue weighted by molar-refractivity contribution is 0.315. The van der Waals surface area contributed by atoms with E-state index in [9.17, 15) is 0 Å². The van der Waals surface area contributed by atoms with E-state index >= 15 is 0 Å². The van der Waals surface area contributed by atoms with Crippen LogP contribution in [0.5, 0.6) is 0 Å². The normalized spacial score (nSPS) is 10.2. The highest BCUT2D eigenvalue weighted by Crippen LogP contribution is 2.07. The molecule has 5 heteroatoms. The van der Waals surface area contributed by atoms with Crippen LogP contribution in [0.2, 0.25) is 0 Å². The van der Waals surface area contributed by atoms with Crippen LogP contribution in [0.1, 0.15) is 0 Å². The Morgan fingerprint density at radius 2 is 1.72 bits per heavy atom. The fraction of sp³-hybridized carbons (Fsp3) is 0. The lowest BCUT2D eigenvalue weighted by Crippen LogP contribution is -1.67. The van der Waals surface area contributed by atoms with E-state index in [1.807, 2.05) is 48.8 Å². The average molecular weight is 238 g/mol. The summed E-state index contributed by atoms with van der Waals surface area (Å²) < 4.78 is 4.46. The van der Waals surface area contributed by atoms with Crippen LogP contribution in [0.3, 0.4) is 0 Å². The molecule has 1 N–H and O–H groups in total. The Balaban J connectivity index is 0.000000111. The second-order valence-electron chi connectivity index (χ2n) is 3.69. The molecule has 18 heavy (non-hydrogen) atoms. The fourth-order valence-corrected chi connectivity index (χ4v) is 1.62. The SMILES string of the molecule is c1cc2[nH]ccc2cn1.c1ccc2nonc2c1. The molecular weight excluding hydrogens is 228 g/mol. The highest BCUT2D eigenvalue weighted by molar-refractivity contribution is 5.77. The van der Waals surface area contributed by atoms with Crippen molar-refractivity contribution < 1.29 is 4.63 Å². The van der Waals surface area contributed by atoms with Gasteiger partial charge in [-0.2, -0.15) is 0 Å². The Morgan fingerprint density at radius 3 is 2.44 bits per heavy atom.